The maximum atomic E-state index is 12.3. The Morgan fingerprint density at radius 3 is 2.80 bits per heavy atom. The second-order valence-electron chi connectivity index (χ2n) is 5.65. The van der Waals surface area contributed by atoms with E-state index in [2.05, 4.69) is 4.98 Å². The first-order chi connectivity index (χ1) is 12.0. The van der Waals surface area contributed by atoms with Crippen LogP contribution in [0.3, 0.4) is 0 Å². The molecule has 0 aliphatic heterocycles. The molecule has 25 heavy (non-hydrogen) atoms. The Morgan fingerprint density at radius 2 is 2.04 bits per heavy atom. The third kappa shape index (κ3) is 4.66. The third-order valence-corrected chi connectivity index (χ3v) is 5.36. The number of hydrogen-bond donors (Lipinski definition) is 0. The number of imidazole rings is 1. The molecule has 0 aliphatic carbocycles. The molecule has 1 heterocycles. The van der Waals surface area contributed by atoms with Crippen molar-refractivity contribution in [3.05, 3.63) is 76.0 Å². The molecule has 0 saturated heterocycles. The fourth-order valence-electron chi connectivity index (χ4n) is 2.39. The van der Waals surface area contributed by atoms with Gasteiger partial charge in [0, 0.05) is 34.5 Å². The van der Waals surface area contributed by atoms with Crippen LogP contribution in [-0.2, 0) is 11.2 Å². The van der Waals surface area contributed by atoms with Crippen molar-refractivity contribution in [3.63, 3.8) is 0 Å². The van der Waals surface area contributed by atoms with Crippen LogP contribution >= 0.6 is 35.0 Å². The number of benzene rings is 2. The van der Waals surface area contributed by atoms with Gasteiger partial charge in [0.15, 0.2) is 5.16 Å². The topological polar surface area (TPSA) is 34.9 Å². The lowest BCUT2D eigenvalue weighted by Gasteiger charge is -2.08. The van der Waals surface area contributed by atoms with Gasteiger partial charge in [0.05, 0.1) is 5.75 Å². The van der Waals surface area contributed by atoms with Gasteiger partial charge < -0.3 is 0 Å². The van der Waals surface area contributed by atoms with Crippen LogP contribution in [0.15, 0.2) is 60.0 Å². The molecule has 3 aromatic rings. The molecule has 0 amide bonds. The zero-order valence-corrected chi connectivity index (χ0v) is 15.9. The van der Waals surface area contributed by atoms with Gasteiger partial charge in [-0.15, -0.1) is 0 Å². The predicted octanol–water partition coefficient (Wildman–Crippen LogP) is 5.39. The number of carbonyl (C=O) groups is 1. The molecule has 2 aromatic carbocycles. The number of rotatable bonds is 6. The first kappa shape index (κ1) is 18.1. The summed E-state index contributed by atoms with van der Waals surface area (Å²) in [5, 5.41) is 2.11. The SMILES string of the molecule is Cc1ccc(CC(=O)CSc2nccn2-c2cccc(Cl)c2)cc1Cl. The quantitative estimate of drug-likeness (QED) is 0.529. The molecule has 0 bridgehead atoms. The Balaban J connectivity index is 1.65. The van der Waals surface area contributed by atoms with Crippen LogP contribution in [0.1, 0.15) is 11.1 Å². The van der Waals surface area contributed by atoms with E-state index < -0.39 is 0 Å². The molecule has 0 spiro atoms. The molecule has 0 aliphatic rings. The van der Waals surface area contributed by atoms with E-state index in [4.69, 9.17) is 23.2 Å². The normalized spacial score (nSPS) is 10.8. The van der Waals surface area contributed by atoms with E-state index in [1.807, 2.05) is 60.2 Å². The second-order valence-corrected chi connectivity index (χ2v) is 7.43. The molecule has 0 atom stereocenters. The highest BCUT2D eigenvalue weighted by atomic mass is 35.5. The van der Waals surface area contributed by atoms with E-state index in [1.165, 1.54) is 11.8 Å². The summed E-state index contributed by atoms with van der Waals surface area (Å²) < 4.78 is 1.92. The van der Waals surface area contributed by atoms with Gasteiger partial charge in [0.1, 0.15) is 5.78 Å². The van der Waals surface area contributed by atoms with Crippen molar-refractivity contribution in [1.29, 1.82) is 0 Å². The average molecular weight is 391 g/mol. The number of ketones is 1. The summed E-state index contributed by atoms with van der Waals surface area (Å²) in [4.78, 5) is 16.6. The van der Waals surface area contributed by atoms with Gasteiger partial charge in [-0.25, -0.2) is 4.98 Å². The minimum atomic E-state index is 0.130. The van der Waals surface area contributed by atoms with E-state index >= 15 is 0 Å². The first-order valence-corrected chi connectivity index (χ1v) is 9.46. The summed E-state index contributed by atoms with van der Waals surface area (Å²) in [6.45, 7) is 1.94. The smallest absolute Gasteiger partial charge is 0.173 e. The monoisotopic (exact) mass is 390 g/mol. The lowest BCUT2D eigenvalue weighted by atomic mass is 10.1. The summed E-state index contributed by atoms with van der Waals surface area (Å²) in [7, 11) is 0. The zero-order valence-electron chi connectivity index (χ0n) is 13.6. The summed E-state index contributed by atoms with van der Waals surface area (Å²) in [5.74, 6) is 0.480. The molecule has 0 unspecified atom stereocenters. The number of Topliss-reactive ketones (excluding diaryl/α,β-unsaturated/α-hetero) is 1. The van der Waals surface area contributed by atoms with Gasteiger partial charge >= 0.3 is 0 Å². The molecule has 128 valence electrons. The van der Waals surface area contributed by atoms with E-state index in [9.17, 15) is 4.79 Å². The number of carbonyl (C=O) groups excluding carboxylic acids is 1. The van der Waals surface area contributed by atoms with Gasteiger partial charge in [-0.2, -0.15) is 0 Å². The minimum Gasteiger partial charge on any atom is -0.298 e. The summed E-state index contributed by atoms with van der Waals surface area (Å²) in [6.07, 6.45) is 3.94. The van der Waals surface area contributed by atoms with Crippen molar-refractivity contribution in [2.45, 2.75) is 18.5 Å². The van der Waals surface area contributed by atoms with E-state index in [0.717, 1.165) is 22.0 Å². The van der Waals surface area contributed by atoms with E-state index in [1.54, 1.807) is 6.20 Å². The van der Waals surface area contributed by atoms with Crippen LogP contribution in [0.25, 0.3) is 5.69 Å². The molecule has 0 saturated carbocycles. The molecular formula is C19H16Cl2N2OS. The van der Waals surface area contributed by atoms with Gasteiger partial charge in [-0.3, -0.25) is 9.36 Å². The average Bonchev–Trinajstić information content (AvgIpc) is 3.05. The van der Waals surface area contributed by atoms with Crippen molar-refractivity contribution in [1.82, 2.24) is 9.55 Å². The van der Waals surface area contributed by atoms with E-state index in [-0.39, 0.29) is 5.78 Å². The summed E-state index contributed by atoms with van der Waals surface area (Å²) >= 11 is 13.6. The Labute approximate surface area is 161 Å². The largest absolute Gasteiger partial charge is 0.298 e. The number of aryl methyl sites for hydroxylation is 1. The molecule has 0 N–H and O–H groups in total. The van der Waals surface area contributed by atoms with Crippen LogP contribution in [0.5, 0.6) is 0 Å². The lowest BCUT2D eigenvalue weighted by molar-refractivity contribution is -0.116. The van der Waals surface area contributed by atoms with Crippen molar-refractivity contribution in [2.24, 2.45) is 0 Å². The number of aromatic nitrogens is 2. The molecule has 1 aromatic heterocycles. The Morgan fingerprint density at radius 1 is 1.20 bits per heavy atom. The molecule has 0 fully saturated rings. The minimum absolute atomic E-state index is 0.130. The van der Waals surface area contributed by atoms with Crippen LogP contribution in [0, 0.1) is 6.92 Å². The number of nitrogens with zero attached hydrogens (tertiary/aromatic N) is 2. The maximum Gasteiger partial charge on any atom is 0.173 e. The zero-order chi connectivity index (χ0) is 17.8. The van der Waals surface area contributed by atoms with Crippen LogP contribution in [0.4, 0.5) is 0 Å². The van der Waals surface area contributed by atoms with Crippen LogP contribution < -0.4 is 0 Å². The number of hydrogen-bond acceptors (Lipinski definition) is 3. The lowest BCUT2D eigenvalue weighted by Crippen LogP contribution is -2.07. The van der Waals surface area contributed by atoms with Crippen LogP contribution in [-0.4, -0.2) is 21.1 Å². The van der Waals surface area contributed by atoms with Crippen molar-refractivity contribution < 1.29 is 4.79 Å². The highest BCUT2D eigenvalue weighted by Gasteiger charge is 2.11. The standard InChI is InChI=1S/C19H16Cl2N2OS/c1-13-5-6-14(10-18(13)21)9-17(24)12-25-19-22-7-8-23(19)16-4-2-3-15(20)11-16/h2-8,10-11H,9,12H2,1H3. The van der Waals surface area contributed by atoms with Crippen LogP contribution in [0.2, 0.25) is 10.0 Å². The molecule has 6 heteroatoms. The Bertz CT molecular complexity index is 908. The van der Waals surface area contributed by atoms with Gasteiger partial charge in [-0.1, -0.05) is 53.2 Å². The van der Waals surface area contributed by atoms with Gasteiger partial charge in [-0.05, 0) is 42.3 Å². The summed E-state index contributed by atoms with van der Waals surface area (Å²) in [6, 6.07) is 13.3. The predicted molar refractivity (Wildman–Crippen MR) is 104 cm³/mol. The maximum absolute atomic E-state index is 12.3. The fourth-order valence-corrected chi connectivity index (χ4v) is 3.61. The van der Waals surface area contributed by atoms with Crippen molar-refractivity contribution in [2.75, 3.05) is 5.75 Å². The Kier molecular flexibility index (Phi) is 5.84. The molecule has 3 rings (SSSR count). The molecule has 3 nitrogen and oxygen atoms in total. The highest BCUT2D eigenvalue weighted by Crippen LogP contribution is 2.23. The number of thioether (sulfide) groups is 1. The second kappa shape index (κ2) is 8.09. The fraction of sp³-hybridized carbons (Fsp3) is 0.158. The Hall–Kier alpha value is -1.75. The summed E-state index contributed by atoms with van der Waals surface area (Å²) in [5.41, 5.74) is 2.86. The van der Waals surface area contributed by atoms with Crippen molar-refractivity contribution in [3.8, 4) is 5.69 Å². The van der Waals surface area contributed by atoms with E-state index in [0.29, 0.717) is 22.2 Å². The van der Waals surface area contributed by atoms with Crippen molar-refractivity contribution >= 4 is 40.7 Å². The number of halogens is 2. The third-order valence-electron chi connectivity index (χ3n) is 3.69. The first-order valence-electron chi connectivity index (χ1n) is 7.72. The molecular weight excluding hydrogens is 375 g/mol. The van der Waals surface area contributed by atoms with Gasteiger partial charge in [0.25, 0.3) is 0 Å². The highest BCUT2D eigenvalue weighted by molar-refractivity contribution is 7.99. The molecule has 0 radical (unpaired) electrons. The van der Waals surface area contributed by atoms with Gasteiger partial charge in [0.2, 0.25) is 0 Å².